The standard InChI is InChI=1S/C31H37F5N2O6/c1-41-23-6-7-24(19-8-11-38(12-9-19)18-30(32,33)31(34,35)36)26(15-23)43-21-2-4-22(5-3-21)44-28-16-25-20(14-29(39)40)10-13-42-27(25)17-37-28/h6-7,15-17,19-22H,2-5,8-14,18H2,1H3,(H,39,40)/t20?,21-,22-. The largest absolute Gasteiger partial charge is 0.497 e. The van der Waals surface area contributed by atoms with Gasteiger partial charge in [0, 0.05) is 23.6 Å². The van der Waals surface area contributed by atoms with Gasteiger partial charge in [-0.2, -0.15) is 22.0 Å². The molecule has 1 saturated heterocycles. The summed E-state index contributed by atoms with van der Waals surface area (Å²) in [5, 5.41) is 9.28. The van der Waals surface area contributed by atoms with Gasteiger partial charge in [-0.1, -0.05) is 6.07 Å². The number of likely N-dealkylation sites (tertiary alicyclic amines) is 1. The van der Waals surface area contributed by atoms with Crippen LogP contribution < -0.4 is 18.9 Å². The maximum Gasteiger partial charge on any atom is 0.454 e. The van der Waals surface area contributed by atoms with E-state index in [-0.39, 0.29) is 43.6 Å². The molecule has 0 bridgehead atoms. The molecule has 0 amide bonds. The molecule has 1 N–H and O–H groups in total. The van der Waals surface area contributed by atoms with Gasteiger partial charge in [-0.15, -0.1) is 0 Å². The van der Waals surface area contributed by atoms with Gasteiger partial charge in [0.05, 0.1) is 39.0 Å². The third-order valence-electron chi connectivity index (χ3n) is 8.74. The first-order chi connectivity index (χ1) is 20.9. The van der Waals surface area contributed by atoms with Crippen molar-refractivity contribution in [1.29, 1.82) is 0 Å². The Balaban J connectivity index is 1.17. The molecule has 44 heavy (non-hydrogen) atoms. The number of methoxy groups -OCH3 is 1. The average Bonchev–Trinajstić information content (AvgIpc) is 2.98. The van der Waals surface area contributed by atoms with E-state index in [1.807, 2.05) is 6.07 Å². The molecule has 8 nitrogen and oxygen atoms in total. The summed E-state index contributed by atoms with van der Waals surface area (Å²) in [6.07, 6.45) is 0.171. The van der Waals surface area contributed by atoms with Crippen LogP contribution in [0.4, 0.5) is 22.0 Å². The summed E-state index contributed by atoms with van der Waals surface area (Å²) >= 11 is 0. The Hall–Kier alpha value is -3.35. The highest BCUT2D eigenvalue weighted by molar-refractivity contribution is 5.68. The molecule has 2 aliphatic heterocycles. The van der Waals surface area contributed by atoms with E-state index in [4.69, 9.17) is 18.9 Å². The highest BCUT2D eigenvalue weighted by atomic mass is 19.4. The lowest BCUT2D eigenvalue weighted by molar-refractivity contribution is -0.287. The second-order valence-electron chi connectivity index (χ2n) is 11.8. The summed E-state index contributed by atoms with van der Waals surface area (Å²) in [5.41, 5.74) is 1.69. The second kappa shape index (κ2) is 13.3. The van der Waals surface area contributed by atoms with E-state index < -0.39 is 24.6 Å². The summed E-state index contributed by atoms with van der Waals surface area (Å²) in [7, 11) is 1.55. The Kier molecular flexibility index (Phi) is 9.71. The first-order valence-electron chi connectivity index (χ1n) is 14.9. The lowest BCUT2D eigenvalue weighted by atomic mass is 9.88. The van der Waals surface area contributed by atoms with Gasteiger partial charge in [-0.05, 0) is 75.6 Å². The van der Waals surface area contributed by atoms with E-state index in [2.05, 4.69) is 4.98 Å². The maximum atomic E-state index is 13.6. The van der Waals surface area contributed by atoms with Crippen LogP contribution in [-0.2, 0) is 4.79 Å². The van der Waals surface area contributed by atoms with Gasteiger partial charge in [0.25, 0.3) is 0 Å². The molecule has 3 heterocycles. The molecule has 3 aliphatic rings. The minimum Gasteiger partial charge on any atom is -0.497 e. The molecular formula is C31H37F5N2O6. The fourth-order valence-electron chi connectivity index (χ4n) is 6.30. The van der Waals surface area contributed by atoms with Gasteiger partial charge < -0.3 is 24.1 Å². The zero-order valence-electron chi connectivity index (χ0n) is 24.5. The quantitative estimate of drug-likeness (QED) is 0.296. The van der Waals surface area contributed by atoms with E-state index in [0.29, 0.717) is 74.7 Å². The molecular weight excluding hydrogens is 591 g/mol. The molecule has 2 fully saturated rings. The molecule has 5 rings (SSSR count). The fourth-order valence-corrected chi connectivity index (χ4v) is 6.30. The van der Waals surface area contributed by atoms with Crippen molar-refractivity contribution in [2.24, 2.45) is 0 Å². The first kappa shape index (κ1) is 32.1. The van der Waals surface area contributed by atoms with Crippen LogP contribution in [0.2, 0.25) is 0 Å². The van der Waals surface area contributed by atoms with Crippen LogP contribution in [0, 0.1) is 0 Å². The lowest BCUT2D eigenvalue weighted by Gasteiger charge is -2.35. The number of aliphatic carboxylic acids is 1. The Morgan fingerprint density at radius 2 is 1.66 bits per heavy atom. The maximum absolute atomic E-state index is 13.6. The smallest absolute Gasteiger partial charge is 0.454 e. The van der Waals surface area contributed by atoms with Crippen LogP contribution in [0.1, 0.15) is 74.3 Å². The molecule has 1 unspecified atom stereocenters. The predicted octanol–water partition coefficient (Wildman–Crippen LogP) is 6.58. The van der Waals surface area contributed by atoms with Crippen molar-refractivity contribution in [1.82, 2.24) is 9.88 Å². The monoisotopic (exact) mass is 628 g/mol. The number of carboxylic acid groups (broad SMARTS) is 1. The molecule has 0 radical (unpaired) electrons. The fraction of sp³-hybridized carbons (Fsp3) is 0.613. The topological polar surface area (TPSA) is 90.4 Å². The number of pyridine rings is 1. The summed E-state index contributed by atoms with van der Waals surface area (Å²) < 4.78 is 88.9. The molecule has 1 saturated carbocycles. The molecule has 242 valence electrons. The van der Waals surface area contributed by atoms with Crippen molar-refractivity contribution >= 4 is 5.97 Å². The first-order valence-corrected chi connectivity index (χ1v) is 14.9. The normalized spacial score (nSPS) is 23.4. The van der Waals surface area contributed by atoms with E-state index in [1.54, 1.807) is 31.5 Å². The van der Waals surface area contributed by atoms with Gasteiger partial charge in [-0.3, -0.25) is 9.69 Å². The Morgan fingerprint density at radius 3 is 2.30 bits per heavy atom. The third kappa shape index (κ3) is 7.65. The second-order valence-corrected chi connectivity index (χ2v) is 11.8. The van der Waals surface area contributed by atoms with E-state index in [9.17, 15) is 31.9 Å². The highest BCUT2D eigenvalue weighted by Gasteiger charge is 2.58. The predicted molar refractivity (Wildman–Crippen MR) is 149 cm³/mol. The van der Waals surface area contributed by atoms with Crippen molar-refractivity contribution < 1.29 is 50.8 Å². The molecule has 0 spiro atoms. The molecule has 1 aromatic carbocycles. The number of fused-ring (bicyclic) bond motifs is 1. The average molecular weight is 629 g/mol. The minimum absolute atomic E-state index is 0.0155. The summed E-state index contributed by atoms with van der Waals surface area (Å²) in [6.45, 7) is -0.627. The van der Waals surface area contributed by atoms with Gasteiger partial charge in [0.1, 0.15) is 23.4 Å². The van der Waals surface area contributed by atoms with Crippen molar-refractivity contribution in [3.63, 3.8) is 0 Å². The van der Waals surface area contributed by atoms with Gasteiger partial charge >= 0.3 is 18.1 Å². The Morgan fingerprint density at radius 1 is 0.977 bits per heavy atom. The Bertz CT molecular complexity index is 1290. The number of hydrogen-bond acceptors (Lipinski definition) is 7. The van der Waals surface area contributed by atoms with E-state index in [1.165, 1.54) is 4.90 Å². The number of alkyl halides is 5. The molecule has 1 atom stereocenters. The van der Waals surface area contributed by atoms with Gasteiger partial charge in [0.2, 0.25) is 5.88 Å². The zero-order chi connectivity index (χ0) is 31.5. The molecule has 1 aliphatic carbocycles. The van der Waals surface area contributed by atoms with Crippen LogP contribution in [0.5, 0.6) is 23.1 Å². The number of halogens is 5. The number of rotatable bonds is 10. The van der Waals surface area contributed by atoms with Crippen LogP contribution >= 0.6 is 0 Å². The number of ether oxygens (including phenoxy) is 4. The van der Waals surface area contributed by atoms with Gasteiger partial charge in [0.15, 0.2) is 0 Å². The number of benzene rings is 1. The number of hydrogen-bond donors (Lipinski definition) is 1. The molecule has 1 aromatic heterocycles. The SMILES string of the molecule is COc1ccc(C2CCN(CC(F)(F)C(F)(F)F)CC2)c(O[C@H]2CC[C@H](Oc3cc4c(cn3)OCCC4CC(=O)O)CC2)c1. The van der Waals surface area contributed by atoms with Crippen LogP contribution in [0.15, 0.2) is 30.5 Å². The molecule has 2 aromatic rings. The number of carboxylic acids is 1. The summed E-state index contributed by atoms with van der Waals surface area (Å²) in [5.74, 6) is -3.55. The number of piperidine rings is 1. The van der Waals surface area contributed by atoms with Crippen molar-refractivity contribution in [2.75, 3.05) is 33.4 Å². The zero-order valence-corrected chi connectivity index (χ0v) is 24.5. The van der Waals surface area contributed by atoms with Crippen LogP contribution in [0.25, 0.3) is 0 Å². The molecule has 13 heteroatoms. The van der Waals surface area contributed by atoms with E-state index in [0.717, 1.165) is 11.1 Å². The van der Waals surface area contributed by atoms with Crippen molar-refractivity contribution in [3.05, 3.63) is 41.6 Å². The minimum atomic E-state index is -5.57. The van der Waals surface area contributed by atoms with Crippen LogP contribution in [0.3, 0.4) is 0 Å². The summed E-state index contributed by atoms with van der Waals surface area (Å²) in [6, 6.07) is 7.27. The van der Waals surface area contributed by atoms with Gasteiger partial charge in [-0.25, -0.2) is 4.98 Å². The lowest BCUT2D eigenvalue weighted by Crippen LogP contribution is -2.48. The van der Waals surface area contributed by atoms with E-state index >= 15 is 0 Å². The third-order valence-corrected chi connectivity index (χ3v) is 8.74. The summed E-state index contributed by atoms with van der Waals surface area (Å²) in [4.78, 5) is 16.8. The number of carbonyl (C=O) groups is 1. The van der Waals surface area contributed by atoms with Crippen LogP contribution in [-0.4, -0.2) is 78.6 Å². The number of nitrogens with zero attached hydrogens (tertiary/aromatic N) is 2. The van der Waals surface area contributed by atoms with Crippen molar-refractivity contribution in [2.45, 2.75) is 87.5 Å². The number of aromatic nitrogens is 1. The highest BCUT2D eigenvalue weighted by Crippen LogP contribution is 2.41. The Labute approximate surface area is 252 Å². The van der Waals surface area contributed by atoms with Crippen molar-refractivity contribution in [3.8, 4) is 23.1 Å².